The third-order valence-corrected chi connectivity index (χ3v) is 5.86. The summed E-state index contributed by atoms with van der Waals surface area (Å²) in [5.74, 6) is 0.0407. The zero-order valence-electron chi connectivity index (χ0n) is 14.9. The minimum Gasteiger partial charge on any atom is -0.366 e. The van der Waals surface area contributed by atoms with Gasteiger partial charge in [0.15, 0.2) is 0 Å². The Bertz CT molecular complexity index is 1100. The summed E-state index contributed by atoms with van der Waals surface area (Å²) >= 11 is 1.44. The van der Waals surface area contributed by atoms with Crippen LogP contribution in [0.15, 0.2) is 46.6 Å². The normalized spacial score (nSPS) is 14.4. The first-order chi connectivity index (χ1) is 13.1. The molecule has 6 nitrogen and oxygen atoms in total. The Morgan fingerprint density at radius 3 is 2.52 bits per heavy atom. The number of thiophene rings is 1. The van der Waals surface area contributed by atoms with Crippen molar-refractivity contribution in [2.24, 2.45) is 7.05 Å². The maximum Gasteiger partial charge on any atom is 0.270 e. The molecule has 0 N–H and O–H groups in total. The number of carbonyl (C=O) groups is 1. The second-order valence-electron chi connectivity index (χ2n) is 6.47. The summed E-state index contributed by atoms with van der Waals surface area (Å²) in [5, 5.41) is 12.4. The number of hydrogen-bond acceptors (Lipinski definition) is 5. The number of amides is 1. The van der Waals surface area contributed by atoms with E-state index >= 15 is 0 Å². The lowest BCUT2D eigenvalue weighted by atomic mass is 10.1. The van der Waals surface area contributed by atoms with E-state index in [0.29, 0.717) is 31.9 Å². The lowest BCUT2D eigenvalue weighted by Crippen LogP contribution is -2.49. The fraction of sp³-hybridized carbons (Fsp3) is 0.250. The summed E-state index contributed by atoms with van der Waals surface area (Å²) in [4.78, 5) is 29.8. The molecule has 0 unspecified atom stereocenters. The topological polar surface area (TPSA) is 69.3 Å². The molecule has 0 atom stereocenters. The van der Waals surface area contributed by atoms with Gasteiger partial charge in [-0.05, 0) is 17.5 Å². The number of aromatic nitrogens is 1. The van der Waals surface area contributed by atoms with Gasteiger partial charge in [0, 0.05) is 38.6 Å². The van der Waals surface area contributed by atoms with Crippen molar-refractivity contribution in [1.29, 1.82) is 5.26 Å². The van der Waals surface area contributed by atoms with Crippen molar-refractivity contribution in [2.45, 2.75) is 0 Å². The smallest absolute Gasteiger partial charge is 0.270 e. The van der Waals surface area contributed by atoms with E-state index in [9.17, 15) is 14.9 Å². The number of fused-ring (bicyclic) bond motifs is 1. The monoisotopic (exact) mass is 378 g/mol. The number of carbonyl (C=O) groups excluding carboxylic acids is 1. The number of pyridine rings is 1. The molecule has 3 aromatic rings. The molecule has 136 valence electrons. The Labute approximate surface area is 160 Å². The number of rotatable bonds is 2. The highest BCUT2D eigenvalue weighted by molar-refractivity contribution is 7.12. The minimum atomic E-state index is -0.289. The fourth-order valence-electron chi connectivity index (χ4n) is 3.60. The second-order valence-corrected chi connectivity index (χ2v) is 7.42. The van der Waals surface area contributed by atoms with Crippen molar-refractivity contribution in [3.63, 3.8) is 0 Å². The van der Waals surface area contributed by atoms with E-state index < -0.39 is 0 Å². The van der Waals surface area contributed by atoms with E-state index in [-0.39, 0.29) is 17.0 Å². The largest absolute Gasteiger partial charge is 0.366 e. The molecule has 0 radical (unpaired) electrons. The van der Waals surface area contributed by atoms with E-state index in [1.54, 1.807) is 7.05 Å². The molecule has 0 bridgehead atoms. The summed E-state index contributed by atoms with van der Waals surface area (Å²) in [5.41, 5.74) is 1.35. The van der Waals surface area contributed by atoms with Gasteiger partial charge < -0.3 is 14.4 Å². The number of nitrogens with zero attached hydrogens (tertiary/aromatic N) is 4. The molecule has 1 aromatic carbocycles. The number of aryl methyl sites for hydroxylation is 1. The first-order valence-electron chi connectivity index (χ1n) is 8.71. The zero-order valence-corrected chi connectivity index (χ0v) is 15.7. The predicted octanol–water partition coefficient (Wildman–Crippen LogP) is 2.43. The highest BCUT2D eigenvalue weighted by Crippen LogP contribution is 2.29. The van der Waals surface area contributed by atoms with Gasteiger partial charge >= 0.3 is 0 Å². The van der Waals surface area contributed by atoms with Crippen molar-refractivity contribution in [3.8, 4) is 6.07 Å². The summed E-state index contributed by atoms with van der Waals surface area (Å²) in [6, 6.07) is 13.4. The maximum atomic E-state index is 12.7. The van der Waals surface area contributed by atoms with Gasteiger partial charge in [-0.2, -0.15) is 5.26 Å². The summed E-state index contributed by atoms with van der Waals surface area (Å²) in [6.45, 7) is 2.29. The van der Waals surface area contributed by atoms with Crippen molar-refractivity contribution in [2.75, 3.05) is 31.1 Å². The lowest BCUT2D eigenvalue weighted by Gasteiger charge is -2.36. The standard InChI is InChI=1S/C20H18N4O2S/c1-22-16-6-3-2-5-14(16)18(15(13-21)19(22)25)23-8-10-24(11-9-23)20(26)17-7-4-12-27-17/h2-7,12H,8-11H2,1H3. The minimum absolute atomic E-state index is 0.0407. The van der Waals surface area contributed by atoms with Crippen LogP contribution in [-0.2, 0) is 7.05 Å². The molecule has 3 heterocycles. The number of para-hydroxylation sites is 1. The molecule has 0 saturated carbocycles. The molecular formula is C20H18N4O2S. The molecular weight excluding hydrogens is 360 g/mol. The molecule has 7 heteroatoms. The number of hydrogen-bond donors (Lipinski definition) is 0. The third-order valence-electron chi connectivity index (χ3n) is 5.00. The van der Waals surface area contributed by atoms with Crippen molar-refractivity contribution in [1.82, 2.24) is 9.47 Å². The van der Waals surface area contributed by atoms with Crippen molar-refractivity contribution >= 4 is 33.8 Å². The van der Waals surface area contributed by atoms with Crippen LogP contribution < -0.4 is 10.5 Å². The lowest BCUT2D eigenvalue weighted by molar-refractivity contribution is 0.0752. The van der Waals surface area contributed by atoms with Crippen LogP contribution in [0.3, 0.4) is 0 Å². The molecule has 4 rings (SSSR count). The second kappa shape index (κ2) is 6.89. The van der Waals surface area contributed by atoms with E-state index in [1.807, 2.05) is 46.7 Å². The number of anilines is 1. The van der Waals surface area contributed by atoms with Crippen LogP contribution in [0.2, 0.25) is 0 Å². The first kappa shape index (κ1) is 17.3. The summed E-state index contributed by atoms with van der Waals surface area (Å²) in [7, 11) is 1.69. The van der Waals surface area contributed by atoms with E-state index in [0.717, 1.165) is 15.8 Å². The molecule has 0 aliphatic carbocycles. The molecule has 1 aliphatic rings. The van der Waals surface area contributed by atoms with Crippen LogP contribution in [0.4, 0.5) is 5.69 Å². The number of piperazine rings is 1. The predicted molar refractivity (Wildman–Crippen MR) is 106 cm³/mol. The first-order valence-corrected chi connectivity index (χ1v) is 9.59. The van der Waals surface area contributed by atoms with Crippen LogP contribution in [0, 0.1) is 11.3 Å². The van der Waals surface area contributed by atoms with E-state index in [4.69, 9.17) is 0 Å². The number of nitriles is 1. The Morgan fingerprint density at radius 2 is 1.85 bits per heavy atom. The van der Waals surface area contributed by atoms with Crippen LogP contribution >= 0.6 is 11.3 Å². The summed E-state index contributed by atoms with van der Waals surface area (Å²) < 4.78 is 1.52. The molecule has 1 saturated heterocycles. The van der Waals surface area contributed by atoms with Crippen LogP contribution in [0.1, 0.15) is 15.2 Å². The Kier molecular flexibility index (Phi) is 4.42. The van der Waals surface area contributed by atoms with Gasteiger partial charge in [0.05, 0.1) is 16.1 Å². The van der Waals surface area contributed by atoms with Crippen molar-refractivity contribution < 1.29 is 4.79 Å². The van der Waals surface area contributed by atoms with Gasteiger partial charge in [-0.1, -0.05) is 24.3 Å². The van der Waals surface area contributed by atoms with E-state index in [2.05, 4.69) is 11.0 Å². The van der Waals surface area contributed by atoms with Crippen molar-refractivity contribution in [3.05, 3.63) is 62.6 Å². The van der Waals surface area contributed by atoms with Gasteiger partial charge in [-0.25, -0.2) is 0 Å². The van der Waals surface area contributed by atoms with Gasteiger partial charge in [0.25, 0.3) is 11.5 Å². The average molecular weight is 378 g/mol. The highest BCUT2D eigenvalue weighted by atomic mass is 32.1. The third kappa shape index (κ3) is 2.88. The Hall–Kier alpha value is -3.11. The van der Waals surface area contributed by atoms with Crippen LogP contribution in [0.5, 0.6) is 0 Å². The van der Waals surface area contributed by atoms with Crippen LogP contribution in [-0.4, -0.2) is 41.6 Å². The fourth-order valence-corrected chi connectivity index (χ4v) is 4.29. The van der Waals surface area contributed by atoms with Gasteiger partial charge in [-0.15, -0.1) is 11.3 Å². The van der Waals surface area contributed by atoms with Crippen LogP contribution in [0.25, 0.3) is 10.9 Å². The summed E-state index contributed by atoms with van der Waals surface area (Å²) in [6.07, 6.45) is 0. The number of benzene rings is 1. The maximum absolute atomic E-state index is 12.7. The van der Waals surface area contributed by atoms with Gasteiger partial charge in [0.1, 0.15) is 11.6 Å². The SMILES string of the molecule is Cn1c(=O)c(C#N)c(N2CCN(C(=O)c3cccs3)CC2)c2ccccc21. The van der Waals surface area contributed by atoms with Gasteiger partial charge in [0.2, 0.25) is 0 Å². The molecule has 27 heavy (non-hydrogen) atoms. The highest BCUT2D eigenvalue weighted by Gasteiger charge is 2.26. The van der Waals surface area contributed by atoms with E-state index in [1.165, 1.54) is 15.9 Å². The quantitative estimate of drug-likeness (QED) is 0.687. The van der Waals surface area contributed by atoms with Gasteiger partial charge in [-0.3, -0.25) is 9.59 Å². The molecule has 0 spiro atoms. The molecule has 1 fully saturated rings. The zero-order chi connectivity index (χ0) is 19.0. The Morgan fingerprint density at radius 1 is 1.11 bits per heavy atom. The Balaban J connectivity index is 1.68. The average Bonchev–Trinajstić information content (AvgIpc) is 3.25. The molecule has 1 amide bonds. The molecule has 2 aromatic heterocycles. The molecule has 1 aliphatic heterocycles.